The van der Waals surface area contributed by atoms with Gasteiger partial charge in [-0.1, -0.05) is 360 Å². The van der Waals surface area contributed by atoms with Crippen LogP contribution in [0.15, 0.2) is 12.2 Å². The van der Waals surface area contributed by atoms with E-state index < -0.39 is 12.1 Å². The first-order chi connectivity index (χ1) is 37.0. The van der Waals surface area contributed by atoms with Crippen molar-refractivity contribution >= 4 is 11.9 Å². The number of carbonyl (C=O) groups is 2. The van der Waals surface area contributed by atoms with Crippen LogP contribution < -0.4 is 5.32 Å². The molecule has 3 N–H and O–H groups in total. The number of ether oxygens (including phenoxy) is 1. The minimum absolute atomic E-state index is 0.0184. The highest BCUT2D eigenvalue weighted by Crippen LogP contribution is 2.19. The third kappa shape index (κ3) is 61.7. The van der Waals surface area contributed by atoms with Crippen LogP contribution in [-0.2, 0) is 14.3 Å². The van der Waals surface area contributed by atoms with Crippen LogP contribution in [0.4, 0.5) is 0 Å². The fourth-order valence-corrected chi connectivity index (χ4v) is 11.1. The first kappa shape index (κ1) is 73.6. The first-order valence-electron chi connectivity index (χ1n) is 34.5. The van der Waals surface area contributed by atoms with Gasteiger partial charge in [0.25, 0.3) is 0 Å². The number of hydrogen-bond donors (Lipinski definition) is 3. The van der Waals surface area contributed by atoms with Gasteiger partial charge in [0, 0.05) is 12.8 Å². The Hall–Kier alpha value is -1.40. The van der Waals surface area contributed by atoms with Crippen LogP contribution in [0.3, 0.4) is 0 Å². The molecule has 6 heteroatoms. The number of rotatable bonds is 65. The van der Waals surface area contributed by atoms with E-state index in [9.17, 15) is 19.8 Å². The van der Waals surface area contributed by atoms with Gasteiger partial charge in [-0.25, -0.2) is 0 Å². The molecule has 0 saturated carbocycles. The molecule has 0 radical (unpaired) electrons. The molecule has 0 aromatic heterocycles. The third-order valence-corrected chi connectivity index (χ3v) is 16.3. The normalized spacial score (nSPS) is 12.5. The molecule has 1 amide bonds. The lowest BCUT2D eigenvalue weighted by molar-refractivity contribution is -0.143. The second kappa shape index (κ2) is 65.1. The number of aliphatic hydroxyl groups excluding tert-OH is 2. The van der Waals surface area contributed by atoms with Gasteiger partial charge in [-0.2, -0.15) is 0 Å². The topological polar surface area (TPSA) is 95.9 Å². The molecule has 0 aromatic carbocycles. The quantitative estimate of drug-likeness (QED) is 0.0320. The number of nitrogens with one attached hydrogen (secondary N) is 1. The molecule has 0 bridgehead atoms. The third-order valence-electron chi connectivity index (χ3n) is 16.3. The van der Waals surface area contributed by atoms with Crippen LogP contribution in [0.1, 0.15) is 393 Å². The molecule has 6 nitrogen and oxygen atoms in total. The van der Waals surface area contributed by atoms with E-state index in [0.29, 0.717) is 19.4 Å². The van der Waals surface area contributed by atoms with Crippen molar-refractivity contribution in [3.63, 3.8) is 0 Å². The summed E-state index contributed by atoms with van der Waals surface area (Å²) in [6.07, 6.45) is 80.0. The Kier molecular flexibility index (Phi) is 63.9. The summed E-state index contributed by atoms with van der Waals surface area (Å²) >= 11 is 0. The van der Waals surface area contributed by atoms with E-state index in [2.05, 4.69) is 19.2 Å². The maximum absolute atomic E-state index is 12.5. The smallest absolute Gasteiger partial charge is 0.305 e. The van der Waals surface area contributed by atoms with Gasteiger partial charge in [-0.05, 0) is 32.1 Å². The van der Waals surface area contributed by atoms with Gasteiger partial charge in [0.15, 0.2) is 0 Å². The summed E-state index contributed by atoms with van der Waals surface area (Å²) in [5.41, 5.74) is 0. The highest BCUT2D eigenvalue weighted by atomic mass is 16.5. The SMILES string of the molecule is CCCCCCCCCCCCCCCCCCCC/C=C/C(O)C(CO)NC(=O)CCCCCCCCCCCCCCCCCCCCCCCCCCCCOC(=O)CCCCCCCCCCCCCC. The average Bonchev–Trinajstić information content (AvgIpc) is 3.41. The van der Waals surface area contributed by atoms with Crippen LogP contribution in [0.25, 0.3) is 0 Å². The van der Waals surface area contributed by atoms with E-state index in [4.69, 9.17) is 4.74 Å². The van der Waals surface area contributed by atoms with Crippen LogP contribution in [0, 0.1) is 0 Å². The van der Waals surface area contributed by atoms with Crippen molar-refractivity contribution in [2.45, 2.75) is 405 Å². The average molecular weight is 1060 g/mol. The number of unbranched alkanes of at least 4 members (excludes halogenated alkanes) is 54. The molecule has 75 heavy (non-hydrogen) atoms. The fraction of sp³-hybridized carbons (Fsp3) is 0.942. The van der Waals surface area contributed by atoms with E-state index in [0.717, 1.165) is 38.5 Å². The number of aliphatic hydroxyl groups is 2. The Morgan fingerprint density at radius 2 is 0.613 bits per heavy atom. The van der Waals surface area contributed by atoms with Gasteiger partial charge in [0.1, 0.15) is 0 Å². The highest BCUT2D eigenvalue weighted by Gasteiger charge is 2.18. The molecule has 0 heterocycles. The van der Waals surface area contributed by atoms with E-state index in [1.165, 1.54) is 327 Å². The lowest BCUT2D eigenvalue weighted by Crippen LogP contribution is -2.45. The van der Waals surface area contributed by atoms with Gasteiger partial charge < -0.3 is 20.3 Å². The van der Waals surface area contributed by atoms with Crippen molar-refractivity contribution in [3.05, 3.63) is 12.2 Å². The summed E-state index contributed by atoms with van der Waals surface area (Å²) in [6, 6.07) is -0.626. The van der Waals surface area contributed by atoms with Crippen LogP contribution >= 0.6 is 0 Å². The standard InChI is InChI=1S/C69H135NO5/c1-3-5-7-9-11-13-15-17-18-19-20-29-32-35-38-41-45-49-53-57-61-67(72)66(65-71)70-68(73)62-58-54-50-46-42-39-36-33-30-27-25-23-21-22-24-26-28-31-34-37-40-44-48-52-56-60-64-75-69(74)63-59-55-51-47-43-16-14-12-10-8-6-4-2/h57,61,66-67,71-72H,3-56,58-60,62-65H2,1-2H3,(H,70,73)/b61-57+. The van der Waals surface area contributed by atoms with Crippen molar-refractivity contribution in [1.29, 1.82) is 0 Å². The summed E-state index contributed by atoms with van der Waals surface area (Å²) in [6.45, 7) is 4.94. The molecule has 2 unspecified atom stereocenters. The molecule has 0 aliphatic rings. The number of allylic oxidation sites excluding steroid dienone is 1. The van der Waals surface area contributed by atoms with Crippen molar-refractivity contribution in [2.24, 2.45) is 0 Å². The summed E-state index contributed by atoms with van der Waals surface area (Å²) in [4.78, 5) is 24.5. The van der Waals surface area contributed by atoms with Gasteiger partial charge in [0.2, 0.25) is 5.91 Å². The van der Waals surface area contributed by atoms with Crippen LogP contribution in [0.2, 0.25) is 0 Å². The molecule has 0 aliphatic heterocycles. The van der Waals surface area contributed by atoms with Gasteiger partial charge in [-0.3, -0.25) is 9.59 Å². The maximum atomic E-state index is 12.5. The molecule has 2 atom stereocenters. The lowest BCUT2D eigenvalue weighted by Gasteiger charge is -2.20. The minimum Gasteiger partial charge on any atom is -0.466 e. The maximum Gasteiger partial charge on any atom is 0.305 e. The molecule has 446 valence electrons. The predicted octanol–water partition coefficient (Wildman–Crippen LogP) is 22.0. The zero-order valence-electron chi connectivity index (χ0n) is 51.1. The Balaban J connectivity index is 3.38. The van der Waals surface area contributed by atoms with Gasteiger partial charge >= 0.3 is 5.97 Å². The van der Waals surface area contributed by atoms with Crippen LogP contribution in [0.5, 0.6) is 0 Å². The molecule has 0 spiro atoms. The van der Waals surface area contributed by atoms with Crippen molar-refractivity contribution in [3.8, 4) is 0 Å². The van der Waals surface area contributed by atoms with E-state index in [1.807, 2.05) is 6.08 Å². The molecule has 0 aliphatic carbocycles. The molecule has 0 aromatic rings. The minimum atomic E-state index is -0.843. The molecular weight excluding hydrogens is 923 g/mol. The lowest BCUT2D eigenvalue weighted by atomic mass is 10.0. The predicted molar refractivity (Wildman–Crippen MR) is 329 cm³/mol. The van der Waals surface area contributed by atoms with E-state index >= 15 is 0 Å². The highest BCUT2D eigenvalue weighted by molar-refractivity contribution is 5.76. The van der Waals surface area contributed by atoms with Gasteiger partial charge in [0.05, 0.1) is 25.4 Å². The first-order valence-corrected chi connectivity index (χ1v) is 34.5. The molecule has 0 saturated heterocycles. The number of esters is 1. The molecule has 0 rings (SSSR count). The zero-order valence-corrected chi connectivity index (χ0v) is 51.1. The number of carbonyl (C=O) groups excluding carboxylic acids is 2. The number of amides is 1. The molecule has 0 fully saturated rings. The Bertz CT molecular complexity index is 1130. The van der Waals surface area contributed by atoms with Gasteiger partial charge in [-0.15, -0.1) is 0 Å². The van der Waals surface area contributed by atoms with Crippen molar-refractivity contribution in [2.75, 3.05) is 13.2 Å². The second-order valence-electron chi connectivity index (χ2n) is 23.9. The van der Waals surface area contributed by atoms with Crippen LogP contribution in [-0.4, -0.2) is 47.4 Å². The Morgan fingerprint density at radius 1 is 0.360 bits per heavy atom. The summed E-state index contributed by atoms with van der Waals surface area (Å²) in [5, 5.41) is 23.2. The molecular formula is C69H135NO5. The Morgan fingerprint density at radius 3 is 0.907 bits per heavy atom. The summed E-state index contributed by atoms with van der Waals surface area (Å²) < 4.78 is 5.48. The summed E-state index contributed by atoms with van der Waals surface area (Å²) in [7, 11) is 0. The zero-order chi connectivity index (χ0) is 54.3. The van der Waals surface area contributed by atoms with E-state index in [1.54, 1.807) is 6.08 Å². The largest absolute Gasteiger partial charge is 0.466 e. The van der Waals surface area contributed by atoms with Crippen molar-refractivity contribution in [1.82, 2.24) is 5.32 Å². The fourth-order valence-electron chi connectivity index (χ4n) is 11.1. The number of hydrogen-bond acceptors (Lipinski definition) is 5. The summed E-state index contributed by atoms with van der Waals surface area (Å²) in [5.74, 6) is -0.0430. The Labute approximate surface area is 469 Å². The monoisotopic (exact) mass is 1060 g/mol. The second-order valence-corrected chi connectivity index (χ2v) is 23.9. The van der Waals surface area contributed by atoms with Crippen molar-refractivity contribution < 1.29 is 24.5 Å². The van der Waals surface area contributed by atoms with E-state index in [-0.39, 0.29) is 18.5 Å².